The van der Waals surface area contributed by atoms with Gasteiger partial charge in [-0.2, -0.15) is 0 Å². The lowest BCUT2D eigenvalue weighted by atomic mass is 9.95. The van der Waals surface area contributed by atoms with E-state index in [4.69, 9.17) is 14.2 Å². The molecule has 0 radical (unpaired) electrons. The Bertz CT molecular complexity index is 1220. The van der Waals surface area contributed by atoms with E-state index in [1.54, 1.807) is 7.11 Å². The number of amides is 2. The summed E-state index contributed by atoms with van der Waals surface area (Å²) in [6.45, 7) is 1.81. The second-order valence-corrected chi connectivity index (χ2v) is 8.78. The topological polar surface area (TPSA) is 77.1 Å². The number of carbonyl (C=O) groups excluding carboxylic acids is 2. The number of carbonyl (C=O) groups is 2. The molecule has 0 aromatic heterocycles. The molecule has 35 heavy (non-hydrogen) atoms. The molecule has 0 atom stereocenters. The minimum atomic E-state index is -0.0940. The first-order valence-corrected chi connectivity index (χ1v) is 11.8. The van der Waals surface area contributed by atoms with E-state index in [0.717, 1.165) is 28.2 Å². The summed E-state index contributed by atoms with van der Waals surface area (Å²) >= 11 is 0. The Morgan fingerprint density at radius 1 is 0.943 bits per heavy atom. The number of nitrogens with zero attached hydrogens (tertiary/aromatic N) is 1. The monoisotopic (exact) mass is 472 g/mol. The molecule has 1 fully saturated rings. The summed E-state index contributed by atoms with van der Waals surface area (Å²) in [6.07, 6.45) is 1.31. The molecule has 0 spiro atoms. The third-order valence-electron chi connectivity index (χ3n) is 6.59. The first kappa shape index (κ1) is 22.8. The van der Waals surface area contributed by atoms with E-state index in [9.17, 15) is 9.59 Å². The van der Waals surface area contributed by atoms with Crippen molar-refractivity contribution in [3.63, 3.8) is 0 Å². The molecule has 7 heteroatoms. The summed E-state index contributed by atoms with van der Waals surface area (Å²) in [4.78, 5) is 27.5. The zero-order valence-electron chi connectivity index (χ0n) is 19.7. The number of piperidine rings is 1. The number of hydrogen-bond acceptors (Lipinski definition) is 5. The van der Waals surface area contributed by atoms with Crippen molar-refractivity contribution < 1.29 is 23.8 Å². The summed E-state index contributed by atoms with van der Waals surface area (Å²) in [5.41, 5.74) is 3.68. The molecule has 5 rings (SSSR count). The lowest BCUT2D eigenvalue weighted by Gasteiger charge is -2.31. The van der Waals surface area contributed by atoms with Gasteiger partial charge in [0, 0.05) is 31.1 Å². The van der Waals surface area contributed by atoms with Gasteiger partial charge in [-0.1, -0.05) is 30.3 Å². The molecule has 180 valence electrons. The van der Waals surface area contributed by atoms with Crippen LogP contribution in [-0.4, -0.2) is 43.7 Å². The molecule has 2 aliphatic rings. The van der Waals surface area contributed by atoms with Crippen molar-refractivity contribution in [1.29, 1.82) is 0 Å². The van der Waals surface area contributed by atoms with Crippen LogP contribution in [0.4, 0.5) is 0 Å². The van der Waals surface area contributed by atoms with E-state index in [-0.39, 0.29) is 24.5 Å². The largest absolute Gasteiger partial charge is 0.497 e. The molecule has 7 nitrogen and oxygen atoms in total. The van der Waals surface area contributed by atoms with E-state index in [1.165, 1.54) is 0 Å². The fraction of sp³-hybridized carbons (Fsp3) is 0.286. The number of likely N-dealkylation sites (tertiary alicyclic amines) is 1. The second-order valence-electron chi connectivity index (χ2n) is 8.78. The Labute approximate surface area is 204 Å². The van der Waals surface area contributed by atoms with Crippen molar-refractivity contribution in [3.05, 3.63) is 77.9 Å². The Morgan fingerprint density at radius 3 is 2.49 bits per heavy atom. The van der Waals surface area contributed by atoms with Crippen molar-refractivity contribution in [1.82, 2.24) is 10.2 Å². The molecule has 1 saturated heterocycles. The lowest BCUT2D eigenvalue weighted by Crippen LogP contribution is -2.42. The Kier molecular flexibility index (Phi) is 6.57. The smallest absolute Gasteiger partial charge is 0.253 e. The van der Waals surface area contributed by atoms with Crippen LogP contribution in [0, 0.1) is 5.92 Å². The lowest BCUT2D eigenvalue weighted by molar-refractivity contribution is -0.126. The minimum Gasteiger partial charge on any atom is -0.497 e. The van der Waals surface area contributed by atoms with E-state index in [1.807, 2.05) is 71.6 Å². The SMILES string of the molecule is COc1cccc(-c2ccc(C(=O)N3CCC(C(=O)NCc4ccc5c(c4)OCO5)CC3)cc2)c1. The maximum absolute atomic E-state index is 13.0. The number of rotatable bonds is 6. The third-order valence-corrected chi connectivity index (χ3v) is 6.59. The van der Waals surface area contributed by atoms with Gasteiger partial charge in [0.05, 0.1) is 7.11 Å². The van der Waals surface area contributed by atoms with E-state index in [0.29, 0.717) is 43.8 Å². The highest BCUT2D eigenvalue weighted by molar-refractivity contribution is 5.95. The predicted octanol–water partition coefficient (Wildman–Crippen LogP) is 4.26. The fourth-order valence-corrected chi connectivity index (χ4v) is 4.52. The van der Waals surface area contributed by atoms with Crippen molar-refractivity contribution in [2.45, 2.75) is 19.4 Å². The molecule has 0 unspecified atom stereocenters. The predicted molar refractivity (Wildman–Crippen MR) is 131 cm³/mol. The fourth-order valence-electron chi connectivity index (χ4n) is 4.52. The number of nitrogens with one attached hydrogen (secondary N) is 1. The minimum absolute atomic E-state index is 0.00131. The summed E-state index contributed by atoms with van der Waals surface area (Å²) in [5.74, 6) is 2.17. The molecule has 0 saturated carbocycles. The number of ether oxygens (including phenoxy) is 3. The van der Waals surface area contributed by atoms with Crippen LogP contribution in [0.2, 0.25) is 0 Å². The van der Waals surface area contributed by atoms with Gasteiger partial charge in [0.1, 0.15) is 5.75 Å². The number of methoxy groups -OCH3 is 1. The van der Waals surface area contributed by atoms with E-state index < -0.39 is 0 Å². The molecule has 3 aromatic carbocycles. The van der Waals surface area contributed by atoms with Gasteiger partial charge in [-0.05, 0) is 65.9 Å². The molecule has 3 aromatic rings. The zero-order chi connectivity index (χ0) is 24.2. The van der Waals surface area contributed by atoms with Gasteiger partial charge < -0.3 is 24.4 Å². The number of benzene rings is 3. The standard InChI is InChI=1S/C28H28N2O5/c1-33-24-4-2-3-23(16-24)20-6-8-22(9-7-20)28(32)30-13-11-21(12-14-30)27(31)29-17-19-5-10-25-26(15-19)35-18-34-25/h2-10,15-16,21H,11-14,17-18H2,1H3,(H,29,31). The van der Waals surface area contributed by atoms with Gasteiger partial charge in [0.2, 0.25) is 12.7 Å². The molecular formula is C28H28N2O5. The van der Waals surface area contributed by atoms with Crippen LogP contribution in [-0.2, 0) is 11.3 Å². The summed E-state index contributed by atoms with van der Waals surface area (Å²) in [6, 6.07) is 21.2. The zero-order valence-corrected chi connectivity index (χ0v) is 19.7. The Hall–Kier alpha value is -4.00. The Balaban J connectivity index is 1.12. The highest BCUT2D eigenvalue weighted by Crippen LogP contribution is 2.32. The summed E-state index contributed by atoms with van der Waals surface area (Å²) in [7, 11) is 1.65. The van der Waals surface area contributed by atoms with Crippen molar-refractivity contribution in [3.8, 4) is 28.4 Å². The van der Waals surface area contributed by atoms with Crippen molar-refractivity contribution in [2.75, 3.05) is 27.0 Å². The highest BCUT2D eigenvalue weighted by atomic mass is 16.7. The average Bonchev–Trinajstić information content (AvgIpc) is 3.39. The van der Waals surface area contributed by atoms with Crippen LogP contribution in [0.1, 0.15) is 28.8 Å². The van der Waals surface area contributed by atoms with E-state index in [2.05, 4.69) is 5.32 Å². The summed E-state index contributed by atoms with van der Waals surface area (Å²) in [5, 5.41) is 3.02. The molecular weight excluding hydrogens is 444 g/mol. The molecule has 0 aliphatic carbocycles. The van der Waals surface area contributed by atoms with Crippen LogP contribution in [0.3, 0.4) is 0 Å². The van der Waals surface area contributed by atoms with Gasteiger partial charge in [0.25, 0.3) is 5.91 Å². The number of hydrogen-bond donors (Lipinski definition) is 1. The average molecular weight is 473 g/mol. The third kappa shape index (κ3) is 5.09. The first-order valence-electron chi connectivity index (χ1n) is 11.8. The maximum atomic E-state index is 13.0. The molecule has 2 heterocycles. The van der Waals surface area contributed by atoms with Crippen LogP contribution in [0.25, 0.3) is 11.1 Å². The maximum Gasteiger partial charge on any atom is 0.253 e. The Morgan fingerprint density at radius 2 is 1.71 bits per heavy atom. The van der Waals surface area contributed by atoms with Crippen LogP contribution >= 0.6 is 0 Å². The van der Waals surface area contributed by atoms with Crippen LogP contribution < -0.4 is 19.5 Å². The summed E-state index contributed by atoms with van der Waals surface area (Å²) < 4.78 is 16.0. The number of fused-ring (bicyclic) bond motifs is 1. The van der Waals surface area contributed by atoms with Gasteiger partial charge in [-0.3, -0.25) is 9.59 Å². The molecule has 1 N–H and O–H groups in total. The van der Waals surface area contributed by atoms with Gasteiger partial charge in [-0.25, -0.2) is 0 Å². The van der Waals surface area contributed by atoms with Crippen molar-refractivity contribution in [2.24, 2.45) is 5.92 Å². The van der Waals surface area contributed by atoms with E-state index >= 15 is 0 Å². The van der Waals surface area contributed by atoms with Gasteiger partial charge in [0.15, 0.2) is 11.5 Å². The van der Waals surface area contributed by atoms with Crippen LogP contribution in [0.5, 0.6) is 17.2 Å². The molecule has 2 aliphatic heterocycles. The quantitative estimate of drug-likeness (QED) is 0.580. The normalized spacial score (nSPS) is 15.1. The van der Waals surface area contributed by atoms with Gasteiger partial charge >= 0.3 is 0 Å². The first-order chi connectivity index (χ1) is 17.1. The second kappa shape index (κ2) is 10.1. The van der Waals surface area contributed by atoms with Crippen molar-refractivity contribution >= 4 is 11.8 Å². The highest BCUT2D eigenvalue weighted by Gasteiger charge is 2.28. The van der Waals surface area contributed by atoms with Crippen LogP contribution in [0.15, 0.2) is 66.7 Å². The van der Waals surface area contributed by atoms with Gasteiger partial charge in [-0.15, -0.1) is 0 Å². The molecule has 2 amide bonds. The molecule has 0 bridgehead atoms.